The highest BCUT2D eigenvalue weighted by Gasteiger charge is 2.25. The highest BCUT2D eigenvalue weighted by atomic mass is 32.1. The number of anilines is 2. The van der Waals surface area contributed by atoms with Crippen LogP contribution in [0.25, 0.3) is 0 Å². The van der Waals surface area contributed by atoms with Gasteiger partial charge in [0.1, 0.15) is 10.7 Å². The van der Waals surface area contributed by atoms with Gasteiger partial charge in [0, 0.05) is 11.6 Å². The van der Waals surface area contributed by atoms with E-state index in [1.165, 1.54) is 35.9 Å². The Morgan fingerprint density at radius 1 is 1.03 bits per heavy atom. The maximum absolute atomic E-state index is 14.4. The van der Waals surface area contributed by atoms with Gasteiger partial charge in [-0.05, 0) is 44.4 Å². The minimum absolute atomic E-state index is 0.195. The quantitative estimate of drug-likeness (QED) is 0.660. The molecule has 7 nitrogen and oxygen atoms in total. The number of thiazole rings is 1. The molecule has 1 aromatic carbocycles. The van der Waals surface area contributed by atoms with Gasteiger partial charge in [0.25, 0.3) is 11.8 Å². The highest BCUT2D eigenvalue weighted by molar-refractivity contribution is 7.13. The zero-order valence-corrected chi connectivity index (χ0v) is 16.6. The van der Waals surface area contributed by atoms with Crippen molar-refractivity contribution in [1.29, 1.82) is 0 Å². The molecule has 0 saturated heterocycles. The molecule has 0 spiro atoms. The Morgan fingerprint density at radius 3 is 2.45 bits per heavy atom. The Hall–Kier alpha value is -3.20. The van der Waals surface area contributed by atoms with Crippen molar-refractivity contribution >= 4 is 34.7 Å². The average molecular weight is 411 g/mol. The van der Waals surface area contributed by atoms with Gasteiger partial charge in [-0.15, -0.1) is 11.3 Å². The molecule has 1 saturated carbocycles. The zero-order valence-electron chi connectivity index (χ0n) is 15.8. The number of aryl methyl sites for hydroxylation is 2. The van der Waals surface area contributed by atoms with Crippen LogP contribution in [-0.2, 0) is 0 Å². The van der Waals surface area contributed by atoms with Crippen molar-refractivity contribution in [2.75, 3.05) is 10.6 Å². The molecule has 3 aromatic rings. The SMILES string of the molecule is Cc1ncc(C(=O)Nc2cc(C(=O)Nc3cnc(C4CC4)cn3)c(F)cc2C)s1. The van der Waals surface area contributed by atoms with Crippen LogP contribution >= 0.6 is 11.3 Å². The number of hydrogen-bond acceptors (Lipinski definition) is 6. The molecule has 1 aliphatic carbocycles. The lowest BCUT2D eigenvalue weighted by Crippen LogP contribution is -2.17. The molecule has 0 unspecified atom stereocenters. The summed E-state index contributed by atoms with van der Waals surface area (Å²) in [6.07, 6.45) is 6.77. The predicted molar refractivity (Wildman–Crippen MR) is 108 cm³/mol. The van der Waals surface area contributed by atoms with E-state index in [4.69, 9.17) is 0 Å². The highest BCUT2D eigenvalue weighted by Crippen LogP contribution is 2.38. The third kappa shape index (κ3) is 4.29. The molecule has 2 aromatic heterocycles. The van der Waals surface area contributed by atoms with Crippen LogP contribution in [0.2, 0.25) is 0 Å². The monoisotopic (exact) mass is 411 g/mol. The molecule has 1 aliphatic rings. The van der Waals surface area contributed by atoms with E-state index in [2.05, 4.69) is 25.6 Å². The van der Waals surface area contributed by atoms with Crippen LogP contribution < -0.4 is 10.6 Å². The summed E-state index contributed by atoms with van der Waals surface area (Å²) in [6.45, 7) is 3.45. The summed E-state index contributed by atoms with van der Waals surface area (Å²) in [5.74, 6) is -1.02. The van der Waals surface area contributed by atoms with E-state index in [9.17, 15) is 14.0 Å². The number of benzene rings is 1. The number of carbonyl (C=O) groups is 2. The van der Waals surface area contributed by atoms with E-state index in [0.29, 0.717) is 22.0 Å². The second-order valence-corrected chi connectivity index (χ2v) is 8.13. The van der Waals surface area contributed by atoms with E-state index in [1.807, 2.05) is 0 Å². The van der Waals surface area contributed by atoms with Crippen molar-refractivity contribution in [2.24, 2.45) is 0 Å². The summed E-state index contributed by atoms with van der Waals surface area (Å²) < 4.78 is 14.4. The molecule has 9 heteroatoms. The van der Waals surface area contributed by atoms with Crippen molar-refractivity contribution in [3.05, 3.63) is 63.2 Å². The number of nitrogens with zero attached hydrogens (tertiary/aromatic N) is 3. The predicted octanol–water partition coefficient (Wildman–Crippen LogP) is 4.07. The molecular weight excluding hydrogens is 393 g/mol. The number of rotatable bonds is 5. The molecule has 29 heavy (non-hydrogen) atoms. The number of aromatic nitrogens is 3. The topological polar surface area (TPSA) is 96.9 Å². The van der Waals surface area contributed by atoms with Gasteiger partial charge in [-0.1, -0.05) is 0 Å². The number of hydrogen-bond donors (Lipinski definition) is 2. The number of amides is 2. The second kappa shape index (κ2) is 7.67. The van der Waals surface area contributed by atoms with Crippen LogP contribution in [0.5, 0.6) is 0 Å². The number of carbonyl (C=O) groups excluding carboxylic acids is 2. The summed E-state index contributed by atoms with van der Waals surface area (Å²) in [7, 11) is 0. The Kier molecular flexibility index (Phi) is 5.06. The van der Waals surface area contributed by atoms with E-state index in [0.717, 1.165) is 23.5 Å². The van der Waals surface area contributed by atoms with Crippen molar-refractivity contribution in [3.8, 4) is 0 Å². The van der Waals surface area contributed by atoms with Crippen molar-refractivity contribution < 1.29 is 14.0 Å². The van der Waals surface area contributed by atoms with Crippen LogP contribution in [0.1, 0.15) is 55.1 Å². The van der Waals surface area contributed by atoms with Crippen LogP contribution in [-0.4, -0.2) is 26.8 Å². The van der Waals surface area contributed by atoms with Crippen molar-refractivity contribution in [3.63, 3.8) is 0 Å². The first-order valence-corrected chi connectivity index (χ1v) is 9.89. The molecule has 4 rings (SSSR count). The zero-order chi connectivity index (χ0) is 20.5. The summed E-state index contributed by atoms with van der Waals surface area (Å²) in [5, 5.41) is 6.02. The van der Waals surface area contributed by atoms with E-state index in [-0.39, 0.29) is 17.3 Å². The third-order valence-corrected chi connectivity index (χ3v) is 5.47. The lowest BCUT2D eigenvalue weighted by atomic mass is 10.1. The van der Waals surface area contributed by atoms with E-state index < -0.39 is 11.7 Å². The van der Waals surface area contributed by atoms with E-state index >= 15 is 0 Å². The minimum atomic E-state index is -0.686. The molecule has 2 amide bonds. The van der Waals surface area contributed by atoms with Crippen LogP contribution in [0.4, 0.5) is 15.9 Å². The summed E-state index contributed by atoms with van der Waals surface area (Å²) in [6, 6.07) is 2.53. The molecule has 0 aliphatic heterocycles. The number of halogens is 1. The Morgan fingerprint density at radius 2 is 1.83 bits per heavy atom. The molecule has 0 radical (unpaired) electrons. The molecule has 2 N–H and O–H groups in total. The fourth-order valence-corrected chi connectivity index (χ4v) is 3.48. The van der Waals surface area contributed by atoms with Gasteiger partial charge in [0.15, 0.2) is 5.82 Å². The summed E-state index contributed by atoms with van der Waals surface area (Å²) >= 11 is 1.25. The lowest BCUT2D eigenvalue weighted by molar-refractivity contribution is 0.101. The molecule has 2 heterocycles. The summed E-state index contributed by atoms with van der Waals surface area (Å²) in [4.78, 5) is 37.9. The maximum Gasteiger partial charge on any atom is 0.267 e. The lowest BCUT2D eigenvalue weighted by Gasteiger charge is -2.11. The standard InChI is InChI=1S/C20H18FN5O2S/c1-10-5-14(21)13(6-15(10)25-20(28)17-8-22-11(2)29-17)19(27)26-18-9-23-16(7-24-18)12-3-4-12/h5-9,12H,3-4H2,1-2H3,(H,25,28)(H,24,26,27). The molecule has 0 bridgehead atoms. The summed E-state index contributed by atoms with van der Waals surface area (Å²) in [5.41, 5.74) is 1.55. The number of nitrogens with one attached hydrogen (secondary N) is 2. The van der Waals surface area contributed by atoms with Gasteiger partial charge in [0.2, 0.25) is 0 Å². The van der Waals surface area contributed by atoms with Gasteiger partial charge in [-0.3, -0.25) is 14.6 Å². The molecular formula is C20H18FN5O2S. The Bertz CT molecular complexity index is 1090. The smallest absolute Gasteiger partial charge is 0.267 e. The van der Waals surface area contributed by atoms with Crippen LogP contribution in [0, 0.1) is 19.7 Å². The van der Waals surface area contributed by atoms with Gasteiger partial charge in [-0.25, -0.2) is 14.4 Å². The van der Waals surface area contributed by atoms with Crippen molar-refractivity contribution in [1.82, 2.24) is 15.0 Å². The van der Waals surface area contributed by atoms with Gasteiger partial charge in [0.05, 0.1) is 34.9 Å². The van der Waals surface area contributed by atoms with Gasteiger partial charge in [-0.2, -0.15) is 0 Å². The molecule has 0 atom stereocenters. The average Bonchev–Trinajstić information content (AvgIpc) is 3.44. The van der Waals surface area contributed by atoms with Crippen LogP contribution in [0.3, 0.4) is 0 Å². The first kappa shape index (κ1) is 19.1. The van der Waals surface area contributed by atoms with E-state index in [1.54, 1.807) is 20.0 Å². The van der Waals surface area contributed by atoms with Gasteiger partial charge >= 0.3 is 0 Å². The first-order valence-electron chi connectivity index (χ1n) is 9.08. The third-order valence-electron chi connectivity index (χ3n) is 4.56. The Balaban J connectivity index is 1.52. The maximum atomic E-state index is 14.4. The van der Waals surface area contributed by atoms with Crippen LogP contribution in [0.15, 0.2) is 30.7 Å². The fraction of sp³-hybridized carbons (Fsp3) is 0.250. The minimum Gasteiger partial charge on any atom is -0.321 e. The van der Waals surface area contributed by atoms with Crippen molar-refractivity contribution in [2.45, 2.75) is 32.6 Å². The largest absolute Gasteiger partial charge is 0.321 e. The Labute approximate surface area is 170 Å². The van der Waals surface area contributed by atoms with Gasteiger partial charge < -0.3 is 10.6 Å². The normalized spacial score (nSPS) is 13.2. The first-order chi connectivity index (χ1) is 13.9. The molecule has 1 fully saturated rings. The second-order valence-electron chi connectivity index (χ2n) is 6.90. The fourth-order valence-electron chi connectivity index (χ4n) is 2.81. The molecule has 148 valence electrons.